The van der Waals surface area contributed by atoms with E-state index in [1.54, 1.807) is 0 Å². The molecule has 128 valence electrons. The third kappa shape index (κ3) is 4.70. The van der Waals surface area contributed by atoms with Crippen LogP contribution in [-0.2, 0) is 6.42 Å². The number of nitrogens with one attached hydrogen (secondary N) is 3. The molecule has 1 aromatic heterocycles. The van der Waals surface area contributed by atoms with Crippen LogP contribution in [0.15, 0.2) is 60.7 Å². The summed E-state index contributed by atoms with van der Waals surface area (Å²) in [5.74, 6) is 0.482. The molecule has 0 saturated carbocycles. The van der Waals surface area contributed by atoms with Crippen molar-refractivity contribution in [3.05, 3.63) is 66.2 Å². The zero-order chi connectivity index (χ0) is 17.5. The first kappa shape index (κ1) is 16.8. The zero-order valence-electron chi connectivity index (χ0n) is 14.3. The Bertz CT molecular complexity index is 809. The number of rotatable bonds is 6. The molecule has 0 aliphatic heterocycles. The SMILES string of the molecule is CCCCc1ccc(NC(=O)Nc2cc(-c3ccccc3)[nH]n2)cc1. The summed E-state index contributed by atoms with van der Waals surface area (Å²) in [5.41, 5.74) is 3.92. The number of aromatic amines is 1. The fraction of sp³-hybridized carbons (Fsp3) is 0.200. The first-order valence-corrected chi connectivity index (χ1v) is 8.52. The van der Waals surface area contributed by atoms with Crippen molar-refractivity contribution in [3.8, 4) is 11.3 Å². The standard InChI is InChI=1S/C20H22N4O/c1-2-3-7-15-10-12-17(13-11-15)21-20(25)22-19-14-18(23-24-19)16-8-5-4-6-9-16/h4-6,8-14H,2-3,7H2,1H3,(H3,21,22,23,24,25). The topological polar surface area (TPSA) is 69.8 Å². The first-order chi connectivity index (χ1) is 12.2. The van der Waals surface area contributed by atoms with Crippen molar-refractivity contribution in [2.45, 2.75) is 26.2 Å². The number of hydrogen-bond donors (Lipinski definition) is 3. The molecule has 0 fully saturated rings. The van der Waals surface area contributed by atoms with Crippen molar-refractivity contribution in [2.75, 3.05) is 10.6 Å². The van der Waals surface area contributed by atoms with Gasteiger partial charge in [0.2, 0.25) is 0 Å². The molecular formula is C20H22N4O. The van der Waals surface area contributed by atoms with Crippen LogP contribution >= 0.6 is 0 Å². The van der Waals surface area contributed by atoms with E-state index in [-0.39, 0.29) is 6.03 Å². The lowest BCUT2D eigenvalue weighted by molar-refractivity contribution is 0.262. The molecule has 2 amide bonds. The van der Waals surface area contributed by atoms with Gasteiger partial charge in [0, 0.05) is 11.8 Å². The number of benzene rings is 2. The van der Waals surface area contributed by atoms with Gasteiger partial charge in [-0.05, 0) is 36.1 Å². The van der Waals surface area contributed by atoms with E-state index in [1.165, 1.54) is 18.4 Å². The Hall–Kier alpha value is -3.08. The van der Waals surface area contributed by atoms with Crippen LogP contribution in [0.2, 0.25) is 0 Å². The van der Waals surface area contributed by atoms with Gasteiger partial charge in [0.1, 0.15) is 0 Å². The zero-order valence-corrected chi connectivity index (χ0v) is 14.3. The van der Waals surface area contributed by atoms with Crippen LogP contribution < -0.4 is 10.6 Å². The molecule has 0 atom stereocenters. The number of urea groups is 1. The molecule has 25 heavy (non-hydrogen) atoms. The van der Waals surface area contributed by atoms with Gasteiger partial charge in [-0.3, -0.25) is 10.4 Å². The van der Waals surface area contributed by atoms with Gasteiger partial charge in [0.05, 0.1) is 5.69 Å². The van der Waals surface area contributed by atoms with Gasteiger partial charge in [0.25, 0.3) is 0 Å². The smallest absolute Gasteiger partial charge is 0.308 e. The minimum absolute atomic E-state index is 0.313. The number of nitrogens with zero attached hydrogens (tertiary/aromatic N) is 1. The third-order valence-electron chi connectivity index (χ3n) is 3.94. The second kappa shape index (κ2) is 8.15. The van der Waals surface area contributed by atoms with E-state index in [1.807, 2.05) is 60.7 Å². The number of hydrogen-bond acceptors (Lipinski definition) is 2. The fourth-order valence-corrected chi connectivity index (χ4v) is 2.57. The van der Waals surface area contributed by atoms with Gasteiger partial charge in [-0.25, -0.2) is 4.79 Å². The monoisotopic (exact) mass is 334 g/mol. The minimum Gasteiger partial charge on any atom is -0.308 e. The number of amides is 2. The lowest BCUT2D eigenvalue weighted by Crippen LogP contribution is -2.19. The number of anilines is 2. The molecule has 2 aromatic carbocycles. The maximum atomic E-state index is 12.1. The Balaban J connectivity index is 1.57. The molecule has 0 saturated heterocycles. The molecule has 0 unspecified atom stereocenters. The lowest BCUT2D eigenvalue weighted by Gasteiger charge is -2.06. The molecule has 0 aliphatic rings. The Kier molecular flexibility index (Phi) is 5.46. The summed E-state index contributed by atoms with van der Waals surface area (Å²) in [6, 6.07) is 19.3. The van der Waals surface area contributed by atoms with Crippen molar-refractivity contribution >= 4 is 17.5 Å². The van der Waals surface area contributed by atoms with E-state index in [9.17, 15) is 4.79 Å². The number of carbonyl (C=O) groups excluding carboxylic acids is 1. The van der Waals surface area contributed by atoms with Crippen molar-refractivity contribution in [2.24, 2.45) is 0 Å². The van der Waals surface area contributed by atoms with Crippen molar-refractivity contribution < 1.29 is 4.79 Å². The average Bonchev–Trinajstić information content (AvgIpc) is 3.10. The maximum absolute atomic E-state index is 12.1. The van der Waals surface area contributed by atoms with E-state index >= 15 is 0 Å². The van der Waals surface area contributed by atoms with Gasteiger partial charge in [-0.15, -0.1) is 0 Å². The van der Waals surface area contributed by atoms with E-state index in [0.717, 1.165) is 23.4 Å². The van der Waals surface area contributed by atoms with E-state index < -0.39 is 0 Å². The molecule has 0 aliphatic carbocycles. The highest BCUT2D eigenvalue weighted by Crippen LogP contribution is 2.19. The highest BCUT2D eigenvalue weighted by Gasteiger charge is 2.07. The van der Waals surface area contributed by atoms with E-state index in [0.29, 0.717) is 5.82 Å². The number of H-pyrrole nitrogens is 1. The number of aromatic nitrogens is 2. The molecule has 0 bridgehead atoms. The minimum atomic E-state index is -0.313. The number of aryl methyl sites for hydroxylation is 1. The van der Waals surface area contributed by atoms with Gasteiger partial charge < -0.3 is 5.32 Å². The predicted octanol–water partition coefficient (Wildman–Crippen LogP) is 5.06. The molecule has 0 radical (unpaired) electrons. The van der Waals surface area contributed by atoms with E-state index in [2.05, 4.69) is 27.8 Å². The van der Waals surface area contributed by atoms with Gasteiger partial charge in [-0.2, -0.15) is 5.10 Å². The number of unbranched alkanes of at least 4 members (excludes halogenated alkanes) is 1. The van der Waals surface area contributed by atoms with Crippen LogP contribution in [0.25, 0.3) is 11.3 Å². The molecule has 0 spiro atoms. The summed E-state index contributed by atoms with van der Waals surface area (Å²) in [6.45, 7) is 2.18. The molecule has 3 rings (SSSR count). The quantitative estimate of drug-likeness (QED) is 0.589. The summed E-state index contributed by atoms with van der Waals surface area (Å²) >= 11 is 0. The Morgan fingerprint density at radius 3 is 2.52 bits per heavy atom. The Morgan fingerprint density at radius 1 is 1.04 bits per heavy atom. The molecule has 5 nitrogen and oxygen atoms in total. The van der Waals surface area contributed by atoms with Crippen LogP contribution in [-0.4, -0.2) is 16.2 Å². The predicted molar refractivity (Wildman–Crippen MR) is 102 cm³/mol. The Morgan fingerprint density at radius 2 is 1.80 bits per heavy atom. The molecule has 1 heterocycles. The van der Waals surface area contributed by atoms with Crippen molar-refractivity contribution in [3.63, 3.8) is 0 Å². The van der Waals surface area contributed by atoms with E-state index in [4.69, 9.17) is 0 Å². The largest absolute Gasteiger partial charge is 0.324 e. The second-order valence-electron chi connectivity index (χ2n) is 5.91. The molecule has 3 aromatic rings. The van der Waals surface area contributed by atoms with Gasteiger partial charge in [0.15, 0.2) is 5.82 Å². The van der Waals surface area contributed by atoms with Crippen LogP contribution in [0.4, 0.5) is 16.3 Å². The molecule has 5 heteroatoms. The lowest BCUT2D eigenvalue weighted by atomic mass is 10.1. The van der Waals surface area contributed by atoms with Gasteiger partial charge >= 0.3 is 6.03 Å². The highest BCUT2D eigenvalue weighted by molar-refractivity contribution is 5.99. The second-order valence-corrected chi connectivity index (χ2v) is 5.91. The van der Waals surface area contributed by atoms with Crippen LogP contribution in [0.5, 0.6) is 0 Å². The van der Waals surface area contributed by atoms with Crippen LogP contribution in [0, 0.1) is 0 Å². The molecule has 3 N–H and O–H groups in total. The first-order valence-electron chi connectivity index (χ1n) is 8.52. The third-order valence-corrected chi connectivity index (χ3v) is 3.94. The average molecular weight is 334 g/mol. The summed E-state index contributed by atoms with van der Waals surface area (Å²) in [6.07, 6.45) is 3.42. The highest BCUT2D eigenvalue weighted by atomic mass is 16.2. The Labute approximate surface area is 147 Å². The van der Waals surface area contributed by atoms with Crippen LogP contribution in [0.3, 0.4) is 0 Å². The normalized spacial score (nSPS) is 10.4. The molecular weight excluding hydrogens is 312 g/mol. The van der Waals surface area contributed by atoms with Crippen LogP contribution in [0.1, 0.15) is 25.3 Å². The summed E-state index contributed by atoms with van der Waals surface area (Å²) in [7, 11) is 0. The maximum Gasteiger partial charge on any atom is 0.324 e. The number of carbonyl (C=O) groups is 1. The van der Waals surface area contributed by atoms with Crippen molar-refractivity contribution in [1.29, 1.82) is 0 Å². The fourth-order valence-electron chi connectivity index (χ4n) is 2.57. The summed E-state index contributed by atoms with van der Waals surface area (Å²) in [5, 5.41) is 12.6. The summed E-state index contributed by atoms with van der Waals surface area (Å²) in [4.78, 5) is 12.1. The van der Waals surface area contributed by atoms with Crippen molar-refractivity contribution in [1.82, 2.24) is 10.2 Å². The van der Waals surface area contributed by atoms with Gasteiger partial charge in [-0.1, -0.05) is 55.8 Å². The summed E-state index contributed by atoms with van der Waals surface area (Å²) < 4.78 is 0.